The molecule has 0 unspecified atom stereocenters. The summed E-state index contributed by atoms with van der Waals surface area (Å²) in [5.74, 6) is -7.64. The maximum Gasteiger partial charge on any atom is 0.326 e. The SMILES string of the molecule is [2H]c1c([2H])c([2H])c(C([2H])([2H])[C@@H](NC(=O)[C@H]2CC[C@H](C([2H])(C([2H])([2H])[2H])C([2H])([2H])[2H])CC2)C(=O)O)c([2H])c1[2H]. The lowest BCUT2D eigenvalue weighted by Crippen LogP contribution is -2.45. The van der Waals surface area contributed by atoms with E-state index in [2.05, 4.69) is 0 Å². The lowest BCUT2D eigenvalue weighted by atomic mass is 9.76. The van der Waals surface area contributed by atoms with Crippen LogP contribution in [0, 0.1) is 17.7 Å². The van der Waals surface area contributed by atoms with Gasteiger partial charge in [-0.25, -0.2) is 4.79 Å². The van der Waals surface area contributed by atoms with Crippen molar-refractivity contribution in [2.45, 2.75) is 51.8 Å². The number of nitrogens with one attached hydrogen (secondary N) is 1. The molecule has 0 bridgehead atoms. The first-order chi connectivity index (χ1) is 16.6. The van der Waals surface area contributed by atoms with E-state index in [0.29, 0.717) is 0 Å². The number of hydrogen-bond donors (Lipinski definition) is 2. The summed E-state index contributed by atoms with van der Waals surface area (Å²) in [6.07, 6.45) is -3.58. The molecule has 1 aromatic carbocycles. The fourth-order valence-electron chi connectivity index (χ4n) is 2.53. The Balaban J connectivity index is 2.30. The molecule has 4 heteroatoms. The molecule has 0 aromatic heterocycles. The van der Waals surface area contributed by atoms with Gasteiger partial charge in [-0.05, 0) is 43.1 Å². The van der Waals surface area contributed by atoms with Gasteiger partial charge in [-0.15, -0.1) is 0 Å². The van der Waals surface area contributed by atoms with Crippen LogP contribution in [0.25, 0.3) is 0 Å². The lowest BCUT2D eigenvalue weighted by Gasteiger charge is -2.30. The molecule has 0 saturated heterocycles. The van der Waals surface area contributed by atoms with E-state index in [0.717, 1.165) is 0 Å². The number of benzene rings is 1. The monoisotopic (exact) mass is 331 g/mol. The second kappa shape index (κ2) is 8.14. The minimum atomic E-state index is -3.13. The quantitative estimate of drug-likeness (QED) is 0.841. The van der Waals surface area contributed by atoms with Crippen molar-refractivity contribution in [2.24, 2.45) is 17.7 Å². The molecule has 1 atom stereocenters. The molecule has 0 spiro atoms. The lowest BCUT2D eigenvalue weighted by molar-refractivity contribution is -0.142. The molecular weight excluding hydrogens is 290 g/mol. The maximum absolute atomic E-state index is 12.9. The number of carboxylic acids is 1. The summed E-state index contributed by atoms with van der Waals surface area (Å²) in [5, 5.41) is 11.7. The van der Waals surface area contributed by atoms with Crippen molar-refractivity contribution in [3.8, 4) is 0 Å². The molecule has 1 aromatic rings. The average molecular weight is 332 g/mol. The molecule has 1 fully saturated rings. The van der Waals surface area contributed by atoms with Crippen LogP contribution in [-0.2, 0) is 16.0 Å². The first kappa shape index (κ1) is 6.58. The Morgan fingerprint density at radius 3 is 2.57 bits per heavy atom. The zero-order valence-electron chi connectivity index (χ0n) is 26.3. The molecule has 0 radical (unpaired) electrons. The van der Waals surface area contributed by atoms with Crippen LogP contribution in [0.3, 0.4) is 0 Å². The third-order valence-electron chi connectivity index (χ3n) is 3.83. The average Bonchev–Trinajstić information content (AvgIpc) is 2.77. The molecule has 126 valence electrons. The number of amides is 1. The topological polar surface area (TPSA) is 66.4 Å². The van der Waals surface area contributed by atoms with Gasteiger partial charge in [0.1, 0.15) is 6.04 Å². The Bertz CT molecular complexity index is 1020. The second-order valence-electron chi connectivity index (χ2n) is 5.39. The molecule has 1 saturated carbocycles. The molecule has 23 heavy (non-hydrogen) atoms. The van der Waals surface area contributed by atoms with Crippen molar-refractivity contribution in [3.05, 3.63) is 35.8 Å². The largest absolute Gasteiger partial charge is 0.480 e. The predicted molar refractivity (Wildman–Crippen MR) is 90.0 cm³/mol. The van der Waals surface area contributed by atoms with Crippen molar-refractivity contribution in [1.82, 2.24) is 5.32 Å². The molecule has 2 N–H and O–H groups in total. The van der Waals surface area contributed by atoms with E-state index in [1.165, 1.54) is 0 Å². The predicted octanol–water partition coefficient (Wildman–Crippen LogP) is 3.26. The highest BCUT2D eigenvalue weighted by atomic mass is 16.4. The Labute approximate surface area is 158 Å². The smallest absolute Gasteiger partial charge is 0.326 e. The number of carbonyl (C=O) groups is 2. The number of carbonyl (C=O) groups excluding carboxylic acids is 1. The van der Waals surface area contributed by atoms with Crippen LogP contribution in [0.4, 0.5) is 0 Å². The van der Waals surface area contributed by atoms with Crippen molar-refractivity contribution >= 4 is 11.9 Å². The molecule has 4 nitrogen and oxygen atoms in total. The highest BCUT2D eigenvalue weighted by Gasteiger charge is 2.30. The van der Waals surface area contributed by atoms with Gasteiger partial charge in [-0.3, -0.25) is 4.79 Å². The van der Waals surface area contributed by atoms with Gasteiger partial charge in [0.25, 0.3) is 0 Å². The Kier molecular flexibility index (Phi) is 2.33. The normalized spacial score (nSPS) is 33.6. The molecule has 0 heterocycles. The Morgan fingerprint density at radius 1 is 1.35 bits per heavy atom. The summed E-state index contributed by atoms with van der Waals surface area (Å²) in [7, 11) is 0. The summed E-state index contributed by atoms with van der Waals surface area (Å²) >= 11 is 0. The molecule has 2 rings (SSSR count). The van der Waals surface area contributed by atoms with Crippen LogP contribution in [0.2, 0.25) is 0 Å². The minimum Gasteiger partial charge on any atom is -0.480 e. The molecular formula is C19H27NO3. The third-order valence-corrected chi connectivity index (χ3v) is 3.83. The van der Waals surface area contributed by atoms with E-state index in [9.17, 15) is 14.7 Å². The summed E-state index contributed by atoms with van der Waals surface area (Å²) < 4.78 is 110. The van der Waals surface area contributed by atoms with Gasteiger partial charge in [0, 0.05) is 24.6 Å². The van der Waals surface area contributed by atoms with Crippen molar-refractivity contribution in [3.63, 3.8) is 0 Å². The van der Waals surface area contributed by atoms with E-state index in [1.54, 1.807) is 0 Å². The van der Waals surface area contributed by atoms with E-state index >= 15 is 0 Å². The van der Waals surface area contributed by atoms with Crippen LogP contribution in [-0.4, -0.2) is 23.0 Å². The molecule has 0 aliphatic heterocycles. The number of hydrogen-bond acceptors (Lipinski definition) is 2. The summed E-state index contributed by atoms with van der Waals surface area (Å²) in [6, 6.07) is -6.83. The van der Waals surface area contributed by atoms with Crippen molar-refractivity contribution in [2.75, 3.05) is 0 Å². The first-order valence-electron chi connectivity index (χ1n) is 14.2. The van der Waals surface area contributed by atoms with Crippen LogP contribution in [0.15, 0.2) is 30.2 Å². The standard InChI is InChI=1S/C19H27NO3/c1-13(2)15-8-10-16(11-9-15)18(21)20-17(19(22)23)12-14-6-4-3-5-7-14/h3-7,13,15-17H,8-12H2,1-2H3,(H,20,21)(H,22,23)/t15-,16-,17-/m1/s1/i1D3,2D3,3D,4D,5D,6D,7D,12D2,13D. The zero-order valence-corrected chi connectivity index (χ0v) is 12.3. The highest BCUT2D eigenvalue weighted by Crippen LogP contribution is 2.33. The van der Waals surface area contributed by atoms with Crippen LogP contribution < -0.4 is 5.32 Å². The van der Waals surface area contributed by atoms with Gasteiger partial charge in [0.2, 0.25) is 5.91 Å². The van der Waals surface area contributed by atoms with Gasteiger partial charge >= 0.3 is 5.97 Å². The van der Waals surface area contributed by atoms with E-state index in [4.69, 9.17) is 19.2 Å². The Hall–Kier alpha value is -1.84. The first-order valence-corrected chi connectivity index (χ1v) is 7.21. The number of aliphatic carboxylic acids is 1. The number of carboxylic acid groups (broad SMARTS) is 1. The molecule has 1 amide bonds. The fourth-order valence-corrected chi connectivity index (χ4v) is 2.53. The van der Waals surface area contributed by atoms with Crippen molar-refractivity contribution in [1.29, 1.82) is 0 Å². The highest BCUT2D eigenvalue weighted by molar-refractivity contribution is 5.85. The minimum absolute atomic E-state index is 0.0900. The summed E-state index contributed by atoms with van der Waals surface area (Å²) in [4.78, 5) is 24.8. The van der Waals surface area contributed by atoms with E-state index in [1.807, 2.05) is 5.32 Å². The van der Waals surface area contributed by atoms with E-state index < -0.39 is 91.5 Å². The Morgan fingerprint density at radius 2 is 2.00 bits per heavy atom. The third kappa shape index (κ3) is 5.08. The zero-order chi connectivity index (χ0) is 28.9. The van der Waals surface area contributed by atoms with Crippen LogP contribution in [0.1, 0.15) is 64.1 Å². The summed E-state index contributed by atoms with van der Waals surface area (Å²) in [5.41, 5.74) is -0.941. The number of rotatable bonds is 6. The fraction of sp³-hybridized carbons (Fsp3) is 0.579. The van der Waals surface area contributed by atoms with Gasteiger partial charge in [0.15, 0.2) is 0 Å². The van der Waals surface area contributed by atoms with Gasteiger partial charge < -0.3 is 10.4 Å². The van der Waals surface area contributed by atoms with Gasteiger partial charge in [-0.1, -0.05) is 43.9 Å². The summed E-state index contributed by atoms with van der Waals surface area (Å²) in [6.45, 7) is -6.27. The van der Waals surface area contributed by atoms with Gasteiger partial charge in [0.05, 0.1) is 6.85 Å². The maximum atomic E-state index is 12.9. The molecule has 1 aliphatic rings. The van der Waals surface area contributed by atoms with Crippen LogP contribution in [0.5, 0.6) is 0 Å². The molecule has 1 aliphatic carbocycles. The van der Waals surface area contributed by atoms with Gasteiger partial charge in [-0.2, -0.15) is 0 Å². The second-order valence-corrected chi connectivity index (χ2v) is 5.39. The van der Waals surface area contributed by atoms with Crippen LogP contribution >= 0.6 is 0 Å². The van der Waals surface area contributed by atoms with E-state index in [-0.39, 0.29) is 25.7 Å². The van der Waals surface area contributed by atoms with Crippen molar-refractivity contribution < 1.29 is 33.9 Å².